The van der Waals surface area contributed by atoms with Gasteiger partial charge in [0.15, 0.2) is 0 Å². The van der Waals surface area contributed by atoms with E-state index in [-0.39, 0.29) is 18.9 Å². The Balaban J connectivity index is 1.95. The van der Waals surface area contributed by atoms with Crippen molar-refractivity contribution in [3.8, 4) is 0 Å². The zero-order valence-corrected chi connectivity index (χ0v) is 11.0. The minimum atomic E-state index is -4.09. The highest BCUT2D eigenvalue weighted by Gasteiger charge is 2.42. The van der Waals surface area contributed by atoms with Gasteiger partial charge in [-0.25, -0.2) is 0 Å². The number of rotatable bonds is 1. The Morgan fingerprint density at radius 3 is 2.55 bits per heavy atom. The third-order valence-electron chi connectivity index (χ3n) is 4.07. The quantitative estimate of drug-likeness (QED) is 0.813. The summed E-state index contributed by atoms with van der Waals surface area (Å²) < 4.78 is 38.7. The summed E-state index contributed by atoms with van der Waals surface area (Å²) in [5.41, 5.74) is 0.969. The fourth-order valence-electron chi connectivity index (χ4n) is 3.01. The van der Waals surface area contributed by atoms with E-state index in [1.807, 2.05) is 42.5 Å². The van der Waals surface area contributed by atoms with Crippen LogP contribution < -0.4 is 5.32 Å². The maximum Gasteiger partial charge on any atom is 0.391 e. The number of fused-ring (bicyclic) bond motifs is 1. The summed E-state index contributed by atoms with van der Waals surface area (Å²) in [6.45, 7) is 0.415. The highest BCUT2D eigenvalue weighted by molar-refractivity contribution is 5.86. The van der Waals surface area contributed by atoms with Gasteiger partial charge in [0.05, 0.1) is 5.92 Å². The second-order valence-electron chi connectivity index (χ2n) is 5.34. The number of hydrogen-bond acceptors (Lipinski definition) is 1. The maximum atomic E-state index is 12.9. The Bertz CT molecular complexity index is 601. The first-order valence-electron chi connectivity index (χ1n) is 6.83. The minimum absolute atomic E-state index is 0.123. The van der Waals surface area contributed by atoms with E-state index in [2.05, 4.69) is 5.32 Å². The van der Waals surface area contributed by atoms with Crippen molar-refractivity contribution in [3.05, 3.63) is 48.0 Å². The van der Waals surface area contributed by atoms with Crippen LogP contribution in [0.2, 0.25) is 0 Å². The molecule has 1 heterocycles. The molecule has 0 aliphatic carbocycles. The van der Waals surface area contributed by atoms with Crippen molar-refractivity contribution in [1.82, 2.24) is 5.32 Å². The molecule has 106 valence electrons. The first-order chi connectivity index (χ1) is 9.55. The van der Waals surface area contributed by atoms with Gasteiger partial charge in [-0.2, -0.15) is 13.2 Å². The molecule has 2 aromatic carbocycles. The van der Waals surface area contributed by atoms with Crippen LogP contribution in [0.25, 0.3) is 10.8 Å². The van der Waals surface area contributed by atoms with Gasteiger partial charge in [-0.3, -0.25) is 0 Å². The van der Waals surface area contributed by atoms with Gasteiger partial charge in [-0.1, -0.05) is 42.5 Å². The van der Waals surface area contributed by atoms with Crippen molar-refractivity contribution in [3.63, 3.8) is 0 Å². The summed E-state index contributed by atoms with van der Waals surface area (Å²) in [4.78, 5) is 0. The molecule has 0 amide bonds. The standard InChI is InChI=1S/C16H16F3N/c17-16(18,19)12-8-9-20-15(10-12)14-7-3-5-11-4-1-2-6-13(11)14/h1-7,12,15,20H,8-10H2. The molecule has 4 heteroatoms. The summed E-state index contributed by atoms with van der Waals surface area (Å²) in [5.74, 6) is -1.20. The second kappa shape index (κ2) is 5.09. The molecule has 1 nitrogen and oxygen atoms in total. The van der Waals surface area contributed by atoms with Crippen molar-refractivity contribution in [2.75, 3.05) is 6.54 Å². The van der Waals surface area contributed by atoms with Crippen LogP contribution in [0.5, 0.6) is 0 Å². The van der Waals surface area contributed by atoms with E-state index in [9.17, 15) is 13.2 Å². The molecular formula is C16H16F3N. The van der Waals surface area contributed by atoms with Crippen LogP contribution in [-0.4, -0.2) is 12.7 Å². The van der Waals surface area contributed by atoms with Crippen LogP contribution in [0.1, 0.15) is 24.4 Å². The molecule has 20 heavy (non-hydrogen) atoms. The van der Waals surface area contributed by atoms with E-state index in [1.54, 1.807) is 0 Å². The lowest BCUT2D eigenvalue weighted by atomic mass is 9.86. The molecule has 0 radical (unpaired) electrons. The van der Waals surface area contributed by atoms with E-state index >= 15 is 0 Å². The van der Waals surface area contributed by atoms with Crippen LogP contribution in [0, 0.1) is 5.92 Å². The van der Waals surface area contributed by atoms with Crippen LogP contribution in [0.15, 0.2) is 42.5 Å². The third-order valence-corrected chi connectivity index (χ3v) is 4.07. The molecule has 3 rings (SSSR count). The van der Waals surface area contributed by atoms with Gasteiger partial charge in [0.2, 0.25) is 0 Å². The zero-order chi connectivity index (χ0) is 14.2. The van der Waals surface area contributed by atoms with Gasteiger partial charge in [0.1, 0.15) is 0 Å². The molecule has 1 fully saturated rings. The average Bonchev–Trinajstić information content (AvgIpc) is 2.46. The van der Waals surface area contributed by atoms with E-state index in [0.29, 0.717) is 6.54 Å². The fourth-order valence-corrected chi connectivity index (χ4v) is 3.01. The maximum absolute atomic E-state index is 12.9. The topological polar surface area (TPSA) is 12.0 Å². The number of hydrogen-bond donors (Lipinski definition) is 1. The molecule has 0 saturated carbocycles. The number of piperidine rings is 1. The lowest BCUT2D eigenvalue weighted by Crippen LogP contribution is -2.38. The first kappa shape index (κ1) is 13.4. The Labute approximate surface area is 115 Å². The Kier molecular flexibility index (Phi) is 3.42. The summed E-state index contributed by atoms with van der Waals surface area (Å²) in [6, 6.07) is 13.4. The smallest absolute Gasteiger partial charge is 0.310 e. The van der Waals surface area contributed by atoms with Gasteiger partial charge in [0, 0.05) is 6.04 Å². The SMILES string of the molecule is FC(F)(F)C1CCNC(c2cccc3ccccc23)C1. The van der Waals surface area contributed by atoms with E-state index < -0.39 is 12.1 Å². The lowest BCUT2D eigenvalue weighted by molar-refractivity contribution is -0.183. The van der Waals surface area contributed by atoms with Gasteiger partial charge in [0.25, 0.3) is 0 Å². The molecule has 1 aliphatic heterocycles. The molecular weight excluding hydrogens is 263 g/mol. The molecule has 1 saturated heterocycles. The number of benzene rings is 2. The summed E-state index contributed by atoms with van der Waals surface area (Å²) >= 11 is 0. The van der Waals surface area contributed by atoms with E-state index in [4.69, 9.17) is 0 Å². The van der Waals surface area contributed by atoms with E-state index in [1.165, 1.54) is 0 Å². The van der Waals surface area contributed by atoms with Crippen LogP contribution in [0.4, 0.5) is 13.2 Å². The highest BCUT2D eigenvalue weighted by atomic mass is 19.4. The van der Waals surface area contributed by atoms with Crippen molar-refractivity contribution < 1.29 is 13.2 Å². The fraction of sp³-hybridized carbons (Fsp3) is 0.375. The molecule has 1 N–H and O–H groups in total. The Morgan fingerprint density at radius 2 is 1.75 bits per heavy atom. The average molecular weight is 279 g/mol. The van der Waals surface area contributed by atoms with Gasteiger partial charge < -0.3 is 5.32 Å². The van der Waals surface area contributed by atoms with Crippen molar-refractivity contribution in [2.45, 2.75) is 25.1 Å². The second-order valence-corrected chi connectivity index (χ2v) is 5.34. The lowest BCUT2D eigenvalue weighted by Gasteiger charge is -2.32. The third kappa shape index (κ3) is 2.52. The minimum Gasteiger partial charge on any atom is -0.310 e. The van der Waals surface area contributed by atoms with Crippen LogP contribution >= 0.6 is 0 Å². The van der Waals surface area contributed by atoms with E-state index in [0.717, 1.165) is 16.3 Å². The summed E-state index contributed by atoms with van der Waals surface area (Å²) in [5, 5.41) is 5.34. The predicted octanol–water partition coefficient (Wildman–Crippen LogP) is 4.44. The predicted molar refractivity (Wildman–Crippen MR) is 73.5 cm³/mol. The van der Waals surface area contributed by atoms with Crippen LogP contribution in [0.3, 0.4) is 0 Å². The number of halogens is 3. The Morgan fingerprint density at radius 1 is 1.00 bits per heavy atom. The zero-order valence-electron chi connectivity index (χ0n) is 11.0. The van der Waals surface area contributed by atoms with Gasteiger partial charge >= 0.3 is 6.18 Å². The molecule has 2 aromatic rings. The first-order valence-corrected chi connectivity index (χ1v) is 6.83. The van der Waals surface area contributed by atoms with Gasteiger partial charge in [-0.05, 0) is 35.7 Å². The molecule has 2 atom stereocenters. The summed E-state index contributed by atoms with van der Waals surface area (Å²) in [7, 11) is 0. The normalized spacial score (nSPS) is 23.9. The monoisotopic (exact) mass is 279 g/mol. The van der Waals surface area contributed by atoms with Crippen molar-refractivity contribution in [1.29, 1.82) is 0 Å². The van der Waals surface area contributed by atoms with Gasteiger partial charge in [-0.15, -0.1) is 0 Å². The van der Waals surface area contributed by atoms with Crippen LogP contribution in [-0.2, 0) is 0 Å². The number of alkyl halides is 3. The molecule has 0 aromatic heterocycles. The molecule has 0 spiro atoms. The largest absolute Gasteiger partial charge is 0.391 e. The molecule has 2 unspecified atom stereocenters. The molecule has 0 bridgehead atoms. The van der Waals surface area contributed by atoms with Crippen molar-refractivity contribution in [2.24, 2.45) is 5.92 Å². The highest BCUT2D eigenvalue weighted by Crippen LogP contribution is 2.39. The number of nitrogens with one attached hydrogen (secondary N) is 1. The molecule has 1 aliphatic rings. The van der Waals surface area contributed by atoms with Crippen molar-refractivity contribution >= 4 is 10.8 Å². The summed E-state index contributed by atoms with van der Waals surface area (Å²) in [6.07, 6.45) is -3.80. The Hall–Kier alpha value is -1.55.